The van der Waals surface area contributed by atoms with Crippen LogP contribution in [0.15, 0.2) is 18.2 Å². The minimum atomic E-state index is -4.15. The number of hydrogen-bond acceptors (Lipinski definition) is 11. The van der Waals surface area contributed by atoms with E-state index in [2.05, 4.69) is 10.6 Å². The second kappa shape index (κ2) is 15.8. The number of methoxy groups -OCH3 is 1. The average Bonchev–Trinajstić information content (AvgIpc) is 4.12. The van der Waals surface area contributed by atoms with Gasteiger partial charge < -0.3 is 29.7 Å². The Morgan fingerprint density at radius 3 is 2.47 bits per heavy atom. The number of aryl methyl sites for hydroxylation is 1. The molecule has 3 N–H and O–H groups in total. The Balaban J connectivity index is 1.17. The van der Waals surface area contributed by atoms with E-state index in [0.29, 0.717) is 53.6 Å². The lowest BCUT2D eigenvalue weighted by Gasteiger charge is -2.36. The molecule has 1 saturated heterocycles. The molecule has 2 bridgehead atoms. The highest BCUT2D eigenvalue weighted by atomic mass is 32.2. The second-order valence-corrected chi connectivity index (χ2v) is 20.8. The minimum absolute atomic E-state index is 0.169. The van der Waals surface area contributed by atoms with Crippen molar-refractivity contribution in [2.24, 2.45) is 35.0 Å². The highest BCUT2D eigenvalue weighted by Gasteiger charge is 2.67. The Bertz CT molecular complexity index is 2150. The molecule has 10 atom stereocenters. The van der Waals surface area contributed by atoms with Gasteiger partial charge >= 0.3 is 6.09 Å². The highest BCUT2D eigenvalue weighted by Crippen LogP contribution is 2.58. The fraction of sp³-hybridized carbons (Fsp3) is 0.714. The Morgan fingerprint density at radius 1 is 1.03 bits per heavy atom. The molecule has 328 valence electrons. The van der Waals surface area contributed by atoms with Gasteiger partial charge in [0.25, 0.3) is 5.91 Å². The van der Waals surface area contributed by atoms with Crippen molar-refractivity contribution in [1.82, 2.24) is 30.2 Å². The van der Waals surface area contributed by atoms with E-state index < -0.39 is 92.9 Å². The van der Waals surface area contributed by atoms with Gasteiger partial charge in [0, 0.05) is 12.0 Å². The van der Waals surface area contributed by atoms with Gasteiger partial charge in [-0.2, -0.15) is 0 Å². The van der Waals surface area contributed by atoms with E-state index in [9.17, 15) is 36.4 Å². The number of alkyl halides is 2. The zero-order valence-corrected chi connectivity index (χ0v) is 35.6. The molecule has 4 aliphatic carbocycles. The van der Waals surface area contributed by atoms with Crippen LogP contribution in [0.3, 0.4) is 0 Å². The number of sulfonamides is 1. The summed E-state index contributed by atoms with van der Waals surface area (Å²) in [6, 6.07) is 2.76. The first kappa shape index (κ1) is 42.3. The molecule has 1 aromatic heterocycles. The molecule has 9 unspecified atom stereocenters. The Labute approximate surface area is 348 Å². The van der Waals surface area contributed by atoms with Gasteiger partial charge in [-0.15, -0.1) is 0 Å². The number of benzene rings is 1. The molecule has 18 heteroatoms. The van der Waals surface area contributed by atoms with Crippen molar-refractivity contribution in [3.05, 3.63) is 23.9 Å². The lowest BCUT2D eigenvalue weighted by atomic mass is 9.85. The molecule has 5 fully saturated rings. The van der Waals surface area contributed by atoms with E-state index in [4.69, 9.17) is 24.2 Å². The first-order chi connectivity index (χ1) is 28.4. The van der Waals surface area contributed by atoms with Crippen LogP contribution in [0, 0.1) is 35.0 Å². The SMILES string of the molecule is CCC1C2CN(C(=O)C(C(C)(C)C)NC(=O)OC3CC4CC4C3CCCCCc3nc4ccc(OC)cc4nc3O2)C1C(=O)N[C@]1(C(=O)NS(=O)(=O)C2CC2)CC1C(F)F. The third-order valence-corrected chi connectivity index (χ3v) is 15.5. The summed E-state index contributed by atoms with van der Waals surface area (Å²) in [5.41, 5.74) is -1.39. The van der Waals surface area contributed by atoms with E-state index in [1.807, 2.05) is 10.8 Å². The third-order valence-electron chi connectivity index (χ3n) is 13.7. The van der Waals surface area contributed by atoms with Crippen molar-refractivity contribution in [3.63, 3.8) is 0 Å². The summed E-state index contributed by atoms with van der Waals surface area (Å²) in [6.45, 7) is 6.94. The fourth-order valence-corrected chi connectivity index (χ4v) is 11.3. The zero-order chi connectivity index (χ0) is 42.9. The molecular formula is C42H56F2N6O9S. The predicted octanol–water partition coefficient (Wildman–Crippen LogP) is 4.65. The van der Waals surface area contributed by atoms with Crippen molar-refractivity contribution >= 4 is 44.9 Å². The summed E-state index contributed by atoms with van der Waals surface area (Å²) in [6.07, 6.45) is 1.35. The summed E-state index contributed by atoms with van der Waals surface area (Å²) in [4.78, 5) is 68.2. The number of fused-ring (bicyclic) bond motifs is 7. The lowest BCUT2D eigenvalue weighted by Crippen LogP contribution is -2.61. The first-order valence-corrected chi connectivity index (χ1v) is 22.9. The van der Waals surface area contributed by atoms with Gasteiger partial charge in [0.15, 0.2) is 0 Å². The van der Waals surface area contributed by atoms with Crippen molar-refractivity contribution in [3.8, 4) is 11.6 Å². The number of nitrogens with one attached hydrogen (secondary N) is 3. The van der Waals surface area contributed by atoms with Crippen molar-refractivity contribution in [2.45, 2.75) is 140 Å². The largest absolute Gasteiger partial charge is 0.497 e. The molecule has 0 spiro atoms. The monoisotopic (exact) mass is 858 g/mol. The fourth-order valence-electron chi connectivity index (χ4n) is 9.97. The quantitative estimate of drug-likeness (QED) is 0.335. The van der Waals surface area contributed by atoms with E-state index in [1.165, 1.54) is 4.90 Å². The number of carbonyl (C=O) groups excluding carboxylic acids is 4. The number of nitrogens with zero attached hydrogens (tertiary/aromatic N) is 3. The van der Waals surface area contributed by atoms with Crippen molar-refractivity contribution < 1.29 is 50.6 Å². The summed E-state index contributed by atoms with van der Waals surface area (Å²) in [5, 5.41) is 4.53. The Hall–Kier alpha value is -4.35. The lowest BCUT2D eigenvalue weighted by molar-refractivity contribution is -0.144. The molecule has 2 aliphatic heterocycles. The molecule has 2 aromatic rings. The van der Waals surface area contributed by atoms with Crippen LogP contribution >= 0.6 is 0 Å². The zero-order valence-electron chi connectivity index (χ0n) is 34.7. The minimum Gasteiger partial charge on any atom is -0.497 e. The molecule has 8 rings (SSSR count). The molecule has 0 radical (unpaired) electrons. The number of amides is 4. The summed E-state index contributed by atoms with van der Waals surface area (Å²) in [7, 11) is -2.61. The van der Waals surface area contributed by atoms with Crippen LogP contribution in [0.4, 0.5) is 13.6 Å². The van der Waals surface area contributed by atoms with Crippen LogP contribution in [0.1, 0.15) is 97.6 Å². The van der Waals surface area contributed by atoms with Gasteiger partial charge in [0.2, 0.25) is 34.1 Å². The van der Waals surface area contributed by atoms with Gasteiger partial charge in [-0.05, 0) is 93.1 Å². The average molecular weight is 859 g/mol. The number of rotatable bonds is 8. The topological polar surface area (TPSA) is 195 Å². The number of alkyl carbamates (subject to hydrolysis) is 1. The van der Waals surface area contributed by atoms with Crippen LogP contribution < -0.4 is 24.8 Å². The van der Waals surface area contributed by atoms with E-state index in [-0.39, 0.29) is 30.9 Å². The number of aromatic nitrogens is 2. The van der Waals surface area contributed by atoms with Gasteiger partial charge in [0.1, 0.15) is 41.3 Å². The smallest absolute Gasteiger partial charge is 0.408 e. The number of ether oxygens (including phenoxy) is 3. The van der Waals surface area contributed by atoms with Gasteiger partial charge in [-0.3, -0.25) is 19.1 Å². The second-order valence-electron chi connectivity index (χ2n) is 18.8. The molecule has 6 aliphatic rings. The van der Waals surface area contributed by atoms with E-state index in [1.54, 1.807) is 46.9 Å². The van der Waals surface area contributed by atoms with Gasteiger partial charge in [-0.25, -0.2) is 32.0 Å². The third kappa shape index (κ3) is 8.20. The molecule has 4 saturated carbocycles. The van der Waals surface area contributed by atoms with Gasteiger partial charge in [-0.1, -0.05) is 40.5 Å². The molecule has 1 aromatic carbocycles. The van der Waals surface area contributed by atoms with Crippen LogP contribution in [-0.2, 0) is 35.6 Å². The standard InChI is InChI=1S/C42H56F2N6O9S/c1-6-24-32-20-50(33(24)36(51)48-42(19-27(42)35(43)44)39(53)49-60(55,56)23-13-14-23)38(52)34(41(2,3)4)47-40(54)59-31-17-21-16-26(21)25(31)10-8-7-9-11-29-37(58-32)46-30-18-22(57-5)12-15-28(30)45-29/h12,15,18,21,23-27,31-35H,6-11,13-14,16-17,19-20H2,1-5H3,(H,47,54)(H,48,51)(H,49,53)/t21?,24?,25?,26?,27?,31?,32?,33?,34?,42-/m1/s1. The predicted molar refractivity (Wildman–Crippen MR) is 213 cm³/mol. The van der Waals surface area contributed by atoms with Crippen LogP contribution in [0.2, 0.25) is 0 Å². The van der Waals surface area contributed by atoms with Crippen molar-refractivity contribution in [2.75, 3.05) is 13.7 Å². The molecule has 15 nitrogen and oxygen atoms in total. The normalized spacial score (nSPS) is 33.3. The summed E-state index contributed by atoms with van der Waals surface area (Å²) >= 11 is 0. The number of hydrogen-bond donors (Lipinski definition) is 3. The van der Waals surface area contributed by atoms with Crippen LogP contribution in [0.5, 0.6) is 11.6 Å². The maximum atomic E-state index is 15.0. The number of carbonyl (C=O) groups is 4. The van der Waals surface area contributed by atoms with Gasteiger partial charge in [0.05, 0.1) is 35.9 Å². The van der Waals surface area contributed by atoms with E-state index in [0.717, 1.165) is 38.5 Å². The maximum Gasteiger partial charge on any atom is 0.408 e. The highest BCUT2D eigenvalue weighted by molar-refractivity contribution is 7.91. The molecular weight excluding hydrogens is 803 g/mol. The van der Waals surface area contributed by atoms with Crippen LogP contribution in [0.25, 0.3) is 11.0 Å². The Kier molecular flexibility index (Phi) is 11.2. The Morgan fingerprint density at radius 2 is 1.80 bits per heavy atom. The summed E-state index contributed by atoms with van der Waals surface area (Å²) < 4.78 is 74.5. The number of halogens is 2. The molecule has 4 amide bonds. The molecule has 3 heterocycles. The van der Waals surface area contributed by atoms with E-state index >= 15 is 0 Å². The molecule has 60 heavy (non-hydrogen) atoms. The first-order valence-electron chi connectivity index (χ1n) is 21.4. The van der Waals surface area contributed by atoms with Crippen molar-refractivity contribution in [1.29, 1.82) is 0 Å². The summed E-state index contributed by atoms with van der Waals surface area (Å²) in [5.74, 6) is -3.24. The maximum absolute atomic E-state index is 15.0. The van der Waals surface area contributed by atoms with Crippen LogP contribution in [-0.4, -0.2) is 102 Å².